The first-order valence-corrected chi connectivity index (χ1v) is 9.49. The fourth-order valence-electron chi connectivity index (χ4n) is 2.69. The minimum Gasteiger partial charge on any atom is -0.507 e. The third-order valence-electron chi connectivity index (χ3n) is 4.01. The Morgan fingerprint density at radius 3 is 2.56 bits per heavy atom. The first kappa shape index (κ1) is 17.7. The van der Waals surface area contributed by atoms with E-state index in [1.165, 1.54) is 20.2 Å². The van der Waals surface area contributed by atoms with Crippen LogP contribution in [0, 0.1) is 0 Å². The number of sulfonamides is 1. The second-order valence-electron chi connectivity index (χ2n) is 5.78. The molecule has 8 heteroatoms. The maximum atomic E-state index is 12.3. The Kier molecular flexibility index (Phi) is 4.49. The molecule has 0 amide bonds. The molecule has 0 saturated carbocycles. The number of aromatic nitrogens is 2. The summed E-state index contributed by atoms with van der Waals surface area (Å²) in [5.74, 6) is 0.604. The Morgan fingerprint density at radius 1 is 1.20 bits per heavy atom. The van der Waals surface area contributed by atoms with Crippen LogP contribution >= 0.6 is 11.6 Å². The maximum Gasteiger partial charge on any atom is 0.242 e. The lowest BCUT2D eigenvalue weighted by atomic mass is 10.2. The second-order valence-corrected chi connectivity index (χ2v) is 8.37. The monoisotopic (exact) mass is 379 g/mol. The van der Waals surface area contributed by atoms with Crippen LogP contribution < -0.4 is 0 Å². The molecule has 0 saturated heterocycles. The topological polar surface area (TPSA) is 75.4 Å². The molecule has 25 heavy (non-hydrogen) atoms. The highest BCUT2D eigenvalue weighted by atomic mass is 35.5. The minimum atomic E-state index is -3.54. The summed E-state index contributed by atoms with van der Waals surface area (Å²) in [5, 5.41) is 10.7. The molecule has 3 aromatic rings. The van der Waals surface area contributed by atoms with E-state index in [4.69, 9.17) is 11.6 Å². The van der Waals surface area contributed by atoms with E-state index in [1.807, 2.05) is 11.5 Å². The number of benzene rings is 2. The molecular weight excluding hydrogens is 362 g/mol. The number of fused-ring (bicyclic) bond motifs is 1. The van der Waals surface area contributed by atoms with Crippen molar-refractivity contribution < 1.29 is 13.5 Å². The average Bonchev–Trinajstić information content (AvgIpc) is 2.94. The van der Waals surface area contributed by atoms with E-state index in [9.17, 15) is 13.5 Å². The number of rotatable bonds is 4. The van der Waals surface area contributed by atoms with Crippen LogP contribution in [0.4, 0.5) is 0 Å². The standard InChI is InChI=1S/C17H18ClN3O3S/c1-4-21-15-7-6-12(25(23,24)20(2)3)10-14(15)19-17(21)13-9-11(18)5-8-16(13)22/h5-10,22H,4H2,1-3H3. The molecule has 132 valence electrons. The Balaban J connectivity index is 2.27. The molecular formula is C17H18ClN3O3S. The Labute approximate surface area is 151 Å². The van der Waals surface area contributed by atoms with Crippen LogP contribution in [0.3, 0.4) is 0 Å². The summed E-state index contributed by atoms with van der Waals surface area (Å²) >= 11 is 6.05. The van der Waals surface area contributed by atoms with Crippen LogP contribution in [0.25, 0.3) is 22.4 Å². The van der Waals surface area contributed by atoms with Crippen LogP contribution in [-0.4, -0.2) is 41.5 Å². The van der Waals surface area contributed by atoms with E-state index in [-0.39, 0.29) is 10.6 Å². The van der Waals surface area contributed by atoms with Crippen molar-refractivity contribution in [1.29, 1.82) is 0 Å². The molecule has 0 aliphatic carbocycles. The van der Waals surface area contributed by atoms with Crippen molar-refractivity contribution in [2.45, 2.75) is 18.4 Å². The fourth-order valence-corrected chi connectivity index (χ4v) is 3.79. The van der Waals surface area contributed by atoms with E-state index >= 15 is 0 Å². The van der Waals surface area contributed by atoms with Crippen molar-refractivity contribution >= 4 is 32.7 Å². The van der Waals surface area contributed by atoms with Gasteiger partial charge in [0.1, 0.15) is 11.6 Å². The largest absolute Gasteiger partial charge is 0.507 e. The van der Waals surface area contributed by atoms with E-state index < -0.39 is 10.0 Å². The van der Waals surface area contributed by atoms with Gasteiger partial charge < -0.3 is 9.67 Å². The van der Waals surface area contributed by atoms with Gasteiger partial charge in [0.25, 0.3) is 0 Å². The molecule has 0 fully saturated rings. The van der Waals surface area contributed by atoms with Crippen LogP contribution in [0.2, 0.25) is 5.02 Å². The van der Waals surface area contributed by atoms with Crippen LogP contribution in [0.5, 0.6) is 5.75 Å². The zero-order valence-corrected chi connectivity index (χ0v) is 15.6. The van der Waals surface area contributed by atoms with E-state index in [2.05, 4.69) is 4.98 Å². The van der Waals surface area contributed by atoms with E-state index in [1.54, 1.807) is 30.3 Å². The van der Waals surface area contributed by atoms with Crippen molar-refractivity contribution in [3.63, 3.8) is 0 Å². The third kappa shape index (κ3) is 2.99. The zero-order chi connectivity index (χ0) is 18.4. The SMILES string of the molecule is CCn1c(-c2cc(Cl)ccc2O)nc2cc(S(=O)(=O)N(C)C)ccc21. The van der Waals surface area contributed by atoms with Crippen molar-refractivity contribution in [3.05, 3.63) is 41.4 Å². The van der Waals surface area contributed by atoms with Crippen molar-refractivity contribution in [2.75, 3.05) is 14.1 Å². The molecule has 0 atom stereocenters. The molecule has 1 N–H and O–H groups in total. The van der Waals surface area contributed by atoms with Gasteiger partial charge in [0.2, 0.25) is 10.0 Å². The lowest BCUT2D eigenvalue weighted by Gasteiger charge is -2.11. The Hall–Kier alpha value is -2.09. The Morgan fingerprint density at radius 2 is 1.92 bits per heavy atom. The summed E-state index contributed by atoms with van der Waals surface area (Å²) in [5.41, 5.74) is 1.83. The molecule has 0 radical (unpaired) electrons. The van der Waals surface area contributed by atoms with Gasteiger partial charge in [-0.2, -0.15) is 0 Å². The molecule has 0 aliphatic rings. The summed E-state index contributed by atoms with van der Waals surface area (Å²) in [6.45, 7) is 2.56. The molecule has 0 spiro atoms. The number of hydrogen-bond acceptors (Lipinski definition) is 4. The Bertz CT molecular complexity index is 1060. The molecule has 0 aliphatic heterocycles. The maximum absolute atomic E-state index is 12.3. The van der Waals surface area contributed by atoms with Gasteiger partial charge in [-0.15, -0.1) is 0 Å². The minimum absolute atomic E-state index is 0.0653. The molecule has 3 rings (SSSR count). The first-order valence-electron chi connectivity index (χ1n) is 7.67. The smallest absolute Gasteiger partial charge is 0.242 e. The number of phenolic OH excluding ortho intramolecular Hbond substituents is 1. The predicted octanol–water partition coefficient (Wildman–Crippen LogP) is 3.33. The molecule has 0 unspecified atom stereocenters. The zero-order valence-electron chi connectivity index (χ0n) is 14.1. The quantitative estimate of drug-likeness (QED) is 0.754. The number of halogens is 1. The highest BCUT2D eigenvalue weighted by molar-refractivity contribution is 7.89. The van der Waals surface area contributed by atoms with Gasteiger partial charge in [-0.05, 0) is 43.3 Å². The number of imidazole rings is 1. The summed E-state index contributed by atoms with van der Waals surface area (Å²) in [6, 6.07) is 9.59. The van der Waals surface area contributed by atoms with Crippen LogP contribution in [-0.2, 0) is 16.6 Å². The summed E-state index contributed by atoms with van der Waals surface area (Å²) < 4.78 is 27.8. The number of nitrogens with zero attached hydrogens (tertiary/aromatic N) is 3. The molecule has 2 aromatic carbocycles. The molecule has 1 heterocycles. The highest BCUT2D eigenvalue weighted by Gasteiger charge is 2.20. The van der Waals surface area contributed by atoms with Crippen LogP contribution in [0.1, 0.15) is 6.92 Å². The third-order valence-corrected chi connectivity index (χ3v) is 6.06. The highest BCUT2D eigenvalue weighted by Crippen LogP contribution is 2.34. The fraction of sp³-hybridized carbons (Fsp3) is 0.235. The van der Waals surface area contributed by atoms with Crippen molar-refractivity contribution in [2.24, 2.45) is 0 Å². The second kappa shape index (κ2) is 6.33. The molecule has 0 bridgehead atoms. The van der Waals surface area contributed by atoms with Gasteiger partial charge in [-0.1, -0.05) is 11.6 Å². The van der Waals surface area contributed by atoms with Gasteiger partial charge >= 0.3 is 0 Å². The van der Waals surface area contributed by atoms with Gasteiger partial charge in [0, 0.05) is 25.7 Å². The van der Waals surface area contributed by atoms with Crippen LogP contribution in [0.15, 0.2) is 41.3 Å². The molecule has 6 nitrogen and oxygen atoms in total. The predicted molar refractivity (Wildman–Crippen MR) is 98.4 cm³/mol. The number of phenols is 1. The normalized spacial score (nSPS) is 12.2. The lowest BCUT2D eigenvalue weighted by Crippen LogP contribution is -2.22. The summed E-state index contributed by atoms with van der Waals surface area (Å²) in [6.07, 6.45) is 0. The number of aromatic hydroxyl groups is 1. The number of aryl methyl sites for hydroxylation is 1. The van der Waals surface area contributed by atoms with E-state index in [0.29, 0.717) is 28.5 Å². The average molecular weight is 380 g/mol. The van der Waals surface area contributed by atoms with Gasteiger partial charge in [-0.3, -0.25) is 0 Å². The van der Waals surface area contributed by atoms with Crippen molar-refractivity contribution in [3.8, 4) is 17.1 Å². The van der Waals surface area contributed by atoms with Crippen molar-refractivity contribution in [1.82, 2.24) is 13.9 Å². The molecule has 1 aromatic heterocycles. The lowest BCUT2D eigenvalue weighted by molar-refractivity contribution is 0.476. The summed E-state index contributed by atoms with van der Waals surface area (Å²) in [4.78, 5) is 4.72. The van der Waals surface area contributed by atoms with Gasteiger partial charge in [0.05, 0.1) is 21.5 Å². The van der Waals surface area contributed by atoms with E-state index in [0.717, 1.165) is 9.82 Å². The first-order chi connectivity index (χ1) is 11.8. The van der Waals surface area contributed by atoms with Gasteiger partial charge in [-0.25, -0.2) is 17.7 Å². The summed E-state index contributed by atoms with van der Waals surface area (Å²) in [7, 11) is -0.573. The number of hydrogen-bond donors (Lipinski definition) is 1. The van der Waals surface area contributed by atoms with Gasteiger partial charge in [0.15, 0.2) is 0 Å².